The maximum atomic E-state index is 9.81. The van der Waals surface area contributed by atoms with Gasteiger partial charge in [0.1, 0.15) is 0 Å². The molecule has 1 aromatic heterocycles. The number of fused-ring (bicyclic) bond motifs is 2. The van der Waals surface area contributed by atoms with Gasteiger partial charge in [0.15, 0.2) is 23.1 Å². The third-order valence-electron chi connectivity index (χ3n) is 5.55. The molecule has 0 saturated carbocycles. The SMILES string of the molecule is Cl.N#Cc1ccc2c(N3CCC(O)CC3)nnc(NCc3ccc4c(c3)OCO4)c2c1. The summed E-state index contributed by atoms with van der Waals surface area (Å²) < 4.78 is 10.8. The van der Waals surface area contributed by atoms with Crippen LogP contribution in [-0.2, 0) is 6.54 Å². The molecule has 0 unspecified atom stereocenters. The Labute approximate surface area is 185 Å². The minimum atomic E-state index is -0.256. The summed E-state index contributed by atoms with van der Waals surface area (Å²) in [6, 6.07) is 13.6. The van der Waals surface area contributed by atoms with Crippen molar-refractivity contribution in [3.63, 3.8) is 0 Å². The van der Waals surface area contributed by atoms with Gasteiger partial charge in [-0.25, -0.2) is 0 Å². The Morgan fingerprint density at radius 2 is 1.87 bits per heavy atom. The molecule has 3 aromatic rings. The first-order valence-electron chi connectivity index (χ1n) is 9.97. The van der Waals surface area contributed by atoms with Gasteiger partial charge in [-0.05, 0) is 48.7 Å². The van der Waals surface area contributed by atoms with Crippen molar-refractivity contribution < 1.29 is 14.6 Å². The third-order valence-corrected chi connectivity index (χ3v) is 5.55. The number of aromatic nitrogens is 2. The van der Waals surface area contributed by atoms with E-state index in [1.54, 1.807) is 6.07 Å². The average molecular weight is 440 g/mol. The number of aliphatic hydroxyl groups is 1. The largest absolute Gasteiger partial charge is 0.454 e. The monoisotopic (exact) mass is 439 g/mol. The standard InChI is InChI=1S/C22H21N5O3.ClH/c23-11-14-1-3-17-18(9-14)21(25-26-22(17)27-7-5-16(28)6-8-27)24-12-15-2-4-19-20(10-15)30-13-29-19;/h1-4,9-10,16,28H,5-8,12-13H2,(H,24,25);1H. The number of aliphatic hydroxyl groups excluding tert-OH is 1. The van der Waals surface area contributed by atoms with Gasteiger partial charge in [-0.15, -0.1) is 22.6 Å². The van der Waals surface area contributed by atoms with Gasteiger partial charge >= 0.3 is 0 Å². The zero-order valence-corrected chi connectivity index (χ0v) is 17.6. The van der Waals surface area contributed by atoms with E-state index in [9.17, 15) is 10.4 Å². The summed E-state index contributed by atoms with van der Waals surface area (Å²) in [4.78, 5) is 2.15. The van der Waals surface area contributed by atoms with Gasteiger partial charge in [0.2, 0.25) is 6.79 Å². The van der Waals surface area contributed by atoms with E-state index in [2.05, 4.69) is 26.5 Å². The van der Waals surface area contributed by atoms with Crippen molar-refractivity contribution in [2.75, 3.05) is 30.1 Å². The number of benzene rings is 2. The first-order chi connectivity index (χ1) is 14.7. The molecular weight excluding hydrogens is 418 g/mol. The molecule has 3 heterocycles. The number of nitrogens with one attached hydrogen (secondary N) is 1. The highest BCUT2D eigenvalue weighted by atomic mass is 35.5. The minimum absolute atomic E-state index is 0. The fourth-order valence-corrected chi connectivity index (χ4v) is 3.89. The lowest BCUT2D eigenvalue weighted by atomic mass is 10.1. The van der Waals surface area contributed by atoms with Gasteiger partial charge in [-0.2, -0.15) is 5.26 Å². The number of piperidine rings is 1. The lowest BCUT2D eigenvalue weighted by molar-refractivity contribution is 0.145. The highest BCUT2D eigenvalue weighted by molar-refractivity contribution is 5.99. The second-order valence-electron chi connectivity index (χ2n) is 7.50. The highest BCUT2D eigenvalue weighted by Gasteiger charge is 2.21. The molecule has 1 saturated heterocycles. The Morgan fingerprint density at radius 3 is 2.68 bits per heavy atom. The first-order valence-corrected chi connectivity index (χ1v) is 9.97. The molecule has 2 aliphatic rings. The fraction of sp³-hybridized carbons (Fsp3) is 0.318. The number of rotatable bonds is 4. The molecule has 0 amide bonds. The second kappa shape index (κ2) is 8.84. The predicted octanol–water partition coefficient (Wildman–Crippen LogP) is 3.23. The lowest BCUT2D eigenvalue weighted by Gasteiger charge is -2.31. The summed E-state index contributed by atoms with van der Waals surface area (Å²) in [6.07, 6.45) is 1.17. The van der Waals surface area contributed by atoms with E-state index in [0.717, 1.165) is 46.7 Å². The van der Waals surface area contributed by atoms with Gasteiger partial charge < -0.3 is 24.8 Å². The van der Waals surface area contributed by atoms with Crippen LogP contribution in [0.5, 0.6) is 11.5 Å². The summed E-state index contributed by atoms with van der Waals surface area (Å²) in [5, 5.41) is 33.2. The highest BCUT2D eigenvalue weighted by Crippen LogP contribution is 2.34. The first kappa shape index (κ1) is 21.0. The Balaban J connectivity index is 0.00000231. The van der Waals surface area contributed by atoms with Gasteiger partial charge in [0.05, 0.1) is 17.7 Å². The molecule has 0 atom stereocenters. The van der Waals surface area contributed by atoms with Crippen molar-refractivity contribution in [1.29, 1.82) is 5.26 Å². The van der Waals surface area contributed by atoms with Crippen LogP contribution in [0.15, 0.2) is 36.4 Å². The van der Waals surface area contributed by atoms with E-state index in [1.165, 1.54) is 0 Å². The van der Waals surface area contributed by atoms with Crippen molar-refractivity contribution in [3.05, 3.63) is 47.5 Å². The molecule has 5 rings (SSSR count). The van der Waals surface area contributed by atoms with Crippen LogP contribution < -0.4 is 19.7 Å². The molecule has 2 aromatic carbocycles. The van der Waals surface area contributed by atoms with Crippen molar-refractivity contribution in [2.45, 2.75) is 25.5 Å². The number of halogens is 1. The zero-order valence-electron chi connectivity index (χ0n) is 16.7. The molecule has 0 aliphatic carbocycles. The minimum Gasteiger partial charge on any atom is -0.454 e. The van der Waals surface area contributed by atoms with Gasteiger partial charge in [0, 0.05) is 30.4 Å². The molecule has 0 bridgehead atoms. The van der Waals surface area contributed by atoms with Crippen LogP contribution in [0.3, 0.4) is 0 Å². The van der Waals surface area contributed by atoms with Crippen molar-refractivity contribution in [3.8, 4) is 17.6 Å². The smallest absolute Gasteiger partial charge is 0.231 e. The average Bonchev–Trinajstić information content (AvgIpc) is 3.25. The number of hydrogen-bond acceptors (Lipinski definition) is 8. The molecule has 1 fully saturated rings. The molecule has 2 N–H and O–H groups in total. The fourth-order valence-electron chi connectivity index (χ4n) is 3.89. The van der Waals surface area contributed by atoms with Crippen LogP contribution in [-0.4, -0.2) is 41.3 Å². The Bertz CT molecular complexity index is 1140. The van der Waals surface area contributed by atoms with Crippen LogP contribution in [0.4, 0.5) is 11.6 Å². The summed E-state index contributed by atoms with van der Waals surface area (Å²) >= 11 is 0. The van der Waals surface area contributed by atoms with Crippen LogP contribution in [0.25, 0.3) is 10.8 Å². The summed E-state index contributed by atoms with van der Waals surface area (Å²) in [7, 11) is 0. The quantitative estimate of drug-likeness (QED) is 0.638. The van der Waals surface area contributed by atoms with E-state index < -0.39 is 0 Å². The Hall–Kier alpha value is -3.28. The summed E-state index contributed by atoms with van der Waals surface area (Å²) in [5.74, 6) is 2.90. The van der Waals surface area contributed by atoms with Crippen molar-refractivity contribution in [2.24, 2.45) is 0 Å². The van der Waals surface area contributed by atoms with E-state index in [4.69, 9.17) is 9.47 Å². The maximum absolute atomic E-state index is 9.81. The lowest BCUT2D eigenvalue weighted by Crippen LogP contribution is -2.36. The number of ether oxygens (including phenoxy) is 2. The number of anilines is 2. The van der Waals surface area contributed by atoms with Gasteiger partial charge in [-0.1, -0.05) is 6.07 Å². The normalized spacial score (nSPS) is 15.4. The van der Waals surface area contributed by atoms with Gasteiger partial charge in [0.25, 0.3) is 0 Å². The maximum Gasteiger partial charge on any atom is 0.231 e. The van der Waals surface area contributed by atoms with Gasteiger partial charge in [-0.3, -0.25) is 0 Å². The van der Waals surface area contributed by atoms with Crippen molar-refractivity contribution in [1.82, 2.24) is 10.2 Å². The molecule has 2 aliphatic heterocycles. The molecule has 8 nitrogen and oxygen atoms in total. The van der Waals surface area contributed by atoms with E-state index in [-0.39, 0.29) is 25.3 Å². The van der Waals surface area contributed by atoms with E-state index >= 15 is 0 Å². The second-order valence-corrected chi connectivity index (χ2v) is 7.50. The number of nitriles is 1. The molecule has 160 valence electrons. The molecule has 31 heavy (non-hydrogen) atoms. The summed E-state index contributed by atoms with van der Waals surface area (Å²) in [6.45, 7) is 2.24. The Kier molecular flexibility index (Phi) is 5.98. The number of nitrogens with zero attached hydrogens (tertiary/aromatic N) is 4. The van der Waals surface area contributed by atoms with Crippen molar-refractivity contribution >= 4 is 34.8 Å². The van der Waals surface area contributed by atoms with E-state index in [0.29, 0.717) is 30.8 Å². The predicted molar refractivity (Wildman–Crippen MR) is 119 cm³/mol. The molecule has 0 radical (unpaired) electrons. The van der Waals surface area contributed by atoms with Crippen LogP contribution in [0.2, 0.25) is 0 Å². The van der Waals surface area contributed by atoms with E-state index in [1.807, 2.05) is 30.3 Å². The van der Waals surface area contributed by atoms with Crippen LogP contribution >= 0.6 is 12.4 Å². The molecular formula is C22H22ClN5O3. The summed E-state index contributed by atoms with van der Waals surface area (Å²) in [5.41, 5.74) is 1.60. The topological polar surface area (TPSA) is 104 Å². The van der Waals surface area contributed by atoms with Crippen LogP contribution in [0, 0.1) is 11.3 Å². The third kappa shape index (κ3) is 4.15. The number of hydrogen-bond donors (Lipinski definition) is 2. The molecule has 0 spiro atoms. The zero-order chi connectivity index (χ0) is 20.5. The van der Waals surface area contributed by atoms with Crippen LogP contribution in [0.1, 0.15) is 24.0 Å². The Morgan fingerprint density at radius 1 is 1.06 bits per heavy atom. The molecule has 9 heteroatoms.